The molecule has 0 aliphatic carbocycles. The van der Waals surface area contributed by atoms with Gasteiger partial charge in [-0.25, -0.2) is 4.39 Å². The van der Waals surface area contributed by atoms with Crippen molar-refractivity contribution in [2.45, 2.75) is 6.92 Å². The Morgan fingerprint density at radius 3 is 2.65 bits per heavy atom. The van der Waals surface area contributed by atoms with E-state index in [4.69, 9.17) is 4.74 Å². The fourth-order valence-electron chi connectivity index (χ4n) is 1.67. The van der Waals surface area contributed by atoms with Crippen LogP contribution in [0.4, 0.5) is 10.1 Å². The van der Waals surface area contributed by atoms with Crippen molar-refractivity contribution in [3.63, 3.8) is 0 Å². The molecule has 104 valence electrons. The van der Waals surface area contributed by atoms with E-state index in [9.17, 15) is 14.3 Å². The van der Waals surface area contributed by atoms with Gasteiger partial charge in [-0.2, -0.15) is 0 Å². The van der Waals surface area contributed by atoms with E-state index in [1.165, 1.54) is 31.4 Å². The number of nitrogens with one attached hydrogen (secondary N) is 1. The predicted octanol–water partition coefficient (Wildman–Crippen LogP) is 3.10. The van der Waals surface area contributed by atoms with Gasteiger partial charge in [-0.3, -0.25) is 4.79 Å². The summed E-state index contributed by atoms with van der Waals surface area (Å²) in [6, 6.07) is 8.57. The molecule has 2 aromatic rings. The number of carbonyl (C=O) groups excluding carboxylic acids is 1. The van der Waals surface area contributed by atoms with Crippen LogP contribution >= 0.6 is 0 Å². The molecule has 2 rings (SSSR count). The van der Waals surface area contributed by atoms with Gasteiger partial charge in [0.05, 0.1) is 12.8 Å². The number of phenols is 1. The molecule has 20 heavy (non-hydrogen) atoms. The van der Waals surface area contributed by atoms with Crippen molar-refractivity contribution in [1.82, 2.24) is 0 Å². The second kappa shape index (κ2) is 5.61. The highest BCUT2D eigenvalue weighted by atomic mass is 19.1. The number of carbonyl (C=O) groups is 1. The Bertz CT molecular complexity index is 656. The average molecular weight is 275 g/mol. The third-order valence-electron chi connectivity index (χ3n) is 2.89. The van der Waals surface area contributed by atoms with Gasteiger partial charge in [-0.1, -0.05) is 6.07 Å². The number of phenolic OH excluding ortho intramolecular Hbond substituents is 1. The Balaban J connectivity index is 2.25. The van der Waals surface area contributed by atoms with Gasteiger partial charge in [0, 0.05) is 11.6 Å². The van der Waals surface area contributed by atoms with Crippen LogP contribution in [-0.2, 0) is 0 Å². The molecule has 0 aliphatic rings. The molecule has 0 fully saturated rings. The molecule has 0 unspecified atom stereocenters. The fraction of sp³-hybridized carbons (Fsp3) is 0.133. The Labute approximate surface area is 115 Å². The van der Waals surface area contributed by atoms with Gasteiger partial charge in [0.25, 0.3) is 5.91 Å². The van der Waals surface area contributed by atoms with Crippen molar-refractivity contribution in [1.29, 1.82) is 0 Å². The monoisotopic (exact) mass is 275 g/mol. The van der Waals surface area contributed by atoms with Crippen molar-refractivity contribution >= 4 is 11.6 Å². The summed E-state index contributed by atoms with van der Waals surface area (Å²) < 4.78 is 18.6. The number of amides is 1. The van der Waals surface area contributed by atoms with Gasteiger partial charge in [-0.15, -0.1) is 0 Å². The normalized spacial score (nSPS) is 10.2. The van der Waals surface area contributed by atoms with Crippen molar-refractivity contribution in [2.75, 3.05) is 12.4 Å². The lowest BCUT2D eigenvalue weighted by molar-refractivity contribution is 0.102. The molecule has 2 N–H and O–H groups in total. The number of hydrogen-bond acceptors (Lipinski definition) is 3. The second-order valence-corrected chi connectivity index (χ2v) is 4.30. The highest BCUT2D eigenvalue weighted by Crippen LogP contribution is 2.23. The van der Waals surface area contributed by atoms with E-state index < -0.39 is 11.7 Å². The van der Waals surface area contributed by atoms with Crippen molar-refractivity contribution in [2.24, 2.45) is 0 Å². The summed E-state index contributed by atoms with van der Waals surface area (Å²) in [6.45, 7) is 1.72. The molecule has 2 aromatic carbocycles. The first kappa shape index (κ1) is 13.9. The van der Waals surface area contributed by atoms with Gasteiger partial charge in [0.2, 0.25) is 0 Å². The zero-order valence-corrected chi connectivity index (χ0v) is 11.1. The van der Waals surface area contributed by atoms with Crippen molar-refractivity contribution in [3.05, 3.63) is 53.3 Å². The average Bonchev–Trinajstić information content (AvgIpc) is 2.44. The van der Waals surface area contributed by atoms with Gasteiger partial charge >= 0.3 is 0 Å². The zero-order chi connectivity index (χ0) is 14.7. The van der Waals surface area contributed by atoms with E-state index in [1.807, 2.05) is 0 Å². The van der Waals surface area contributed by atoms with Crippen LogP contribution in [0.5, 0.6) is 11.5 Å². The summed E-state index contributed by atoms with van der Waals surface area (Å²) >= 11 is 0. The Morgan fingerprint density at radius 1 is 1.25 bits per heavy atom. The molecule has 0 bridgehead atoms. The van der Waals surface area contributed by atoms with E-state index in [1.54, 1.807) is 19.1 Å². The Kier molecular flexibility index (Phi) is 3.89. The number of benzene rings is 2. The maximum absolute atomic E-state index is 13.6. The van der Waals surface area contributed by atoms with Crippen LogP contribution in [0.1, 0.15) is 15.9 Å². The summed E-state index contributed by atoms with van der Waals surface area (Å²) in [4.78, 5) is 12.0. The molecule has 0 atom stereocenters. The molecule has 0 aliphatic heterocycles. The number of ether oxygens (including phenoxy) is 1. The van der Waals surface area contributed by atoms with E-state index in [0.29, 0.717) is 11.3 Å². The molecule has 0 saturated carbocycles. The van der Waals surface area contributed by atoms with Crippen molar-refractivity contribution in [3.8, 4) is 11.5 Å². The van der Waals surface area contributed by atoms with E-state index in [2.05, 4.69) is 5.32 Å². The fourth-order valence-corrected chi connectivity index (χ4v) is 1.67. The standard InChI is InChI=1S/C15H14FNO3/c1-9-3-4-10(7-14(9)18)15(19)17-13-8-11(20-2)5-6-12(13)16/h3-8,18H,1-2H3,(H,17,19). The lowest BCUT2D eigenvalue weighted by Crippen LogP contribution is -2.13. The summed E-state index contributed by atoms with van der Waals surface area (Å²) in [7, 11) is 1.46. The first-order valence-corrected chi connectivity index (χ1v) is 5.96. The predicted molar refractivity (Wildman–Crippen MR) is 73.7 cm³/mol. The van der Waals surface area contributed by atoms with Crippen molar-refractivity contribution < 1.29 is 19.0 Å². The lowest BCUT2D eigenvalue weighted by atomic mass is 10.1. The number of aryl methyl sites for hydroxylation is 1. The lowest BCUT2D eigenvalue weighted by Gasteiger charge is -2.09. The molecule has 0 aromatic heterocycles. The number of anilines is 1. The first-order chi connectivity index (χ1) is 9.51. The second-order valence-electron chi connectivity index (χ2n) is 4.30. The highest BCUT2D eigenvalue weighted by molar-refractivity contribution is 6.04. The summed E-state index contributed by atoms with van der Waals surface area (Å²) in [5, 5.41) is 12.0. The third kappa shape index (κ3) is 2.88. The molecule has 0 radical (unpaired) electrons. The minimum Gasteiger partial charge on any atom is -0.508 e. The maximum atomic E-state index is 13.6. The summed E-state index contributed by atoms with van der Waals surface area (Å²) in [6.07, 6.45) is 0. The molecule has 0 heterocycles. The number of methoxy groups -OCH3 is 1. The Morgan fingerprint density at radius 2 is 2.00 bits per heavy atom. The van der Waals surface area contributed by atoms with Gasteiger partial charge in [-0.05, 0) is 36.8 Å². The van der Waals surface area contributed by atoms with E-state index >= 15 is 0 Å². The van der Waals surface area contributed by atoms with Crippen LogP contribution in [0, 0.1) is 12.7 Å². The molecule has 0 spiro atoms. The van der Waals surface area contributed by atoms with Crippen LogP contribution in [0.2, 0.25) is 0 Å². The Hall–Kier alpha value is -2.56. The van der Waals surface area contributed by atoms with Crippen LogP contribution in [0.25, 0.3) is 0 Å². The number of aromatic hydroxyl groups is 1. The van der Waals surface area contributed by atoms with Gasteiger partial charge in [0.1, 0.15) is 17.3 Å². The number of halogens is 1. The van der Waals surface area contributed by atoms with Crippen LogP contribution in [-0.4, -0.2) is 18.1 Å². The largest absolute Gasteiger partial charge is 0.508 e. The SMILES string of the molecule is COc1ccc(F)c(NC(=O)c2ccc(C)c(O)c2)c1. The van der Waals surface area contributed by atoms with Gasteiger partial charge < -0.3 is 15.2 Å². The summed E-state index contributed by atoms with van der Waals surface area (Å²) in [5.41, 5.74) is 0.929. The zero-order valence-electron chi connectivity index (χ0n) is 11.1. The molecular formula is C15H14FNO3. The van der Waals surface area contributed by atoms with Gasteiger partial charge in [0.15, 0.2) is 0 Å². The molecule has 0 saturated heterocycles. The van der Waals surface area contributed by atoms with E-state index in [0.717, 1.165) is 0 Å². The van der Waals surface area contributed by atoms with E-state index in [-0.39, 0.29) is 17.0 Å². The molecular weight excluding hydrogens is 261 g/mol. The first-order valence-electron chi connectivity index (χ1n) is 5.96. The third-order valence-corrected chi connectivity index (χ3v) is 2.89. The molecule has 1 amide bonds. The highest BCUT2D eigenvalue weighted by Gasteiger charge is 2.11. The number of hydrogen-bond donors (Lipinski definition) is 2. The van der Waals surface area contributed by atoms with Crippen LogP contribution in [0.3, 0.4) is 0 Å². The molecule has 5 heteroatoms. The minimum atomic E-state index is -0.560. The quantitative estimate of drug-likeness (QED) is 0.905. The smallest absolute Gasteiger partial charge is 0.255 e. The minimum absolute atomic E-state index is 0.0174. The molecule has 4 nitrogen and oxygen atoms in total. The van der Waals surface area contributed by atoms with Crippen LogP contribution < -0.4 is 10.1 Å². The topological polar surface area (TPSA) is 58.6 Å². The van der Waals surface area contributed by atoms with Crippen LogP contribution in [0.15, 0.2) is 36.4 Å². The number of rotatable bonds is 3. The summed E-state index contributed by atoms with van der Waals surface area (Å²) in [5.74, 6) is -0.611. The maximum Gasteiger partial charge on any atom is 0.255 e.